The smallest absolute Gasteiger partial charge is 0.163 e. The van der Waals surface area contributed by atoms with Gasteiger partial charge >= 0.3 is 0 Å². The molecule has 0 aliphatic carbocycles. The van der Waals surface area contributed by atoms with Crippen molar-refractivity contribution in [2.45, 2.75) is 13.5 Å². The highest BCUT2D eigenvalue weighted by Gasteiger charge is 1.93. The Bertz CT molecular complexity index is 334. The van der Waals surface area contributed by atoms with Crippen LogP contribution in [0, 0.1) is 6.92 Å². The van der Waals surface area contributed by atoms with Crippen molar-refractivity contribution in [3.63, 3.8) is 0 Å². The van der Waals surface area contributed by atoms with Crippen LogP contribution in [0.4, 0.5) is 0 Å². The molecule has 90 valence electrons. The van der Waals surface area contributed by atoms with E-state index < -0.39 is 0 Å². The third kappa shape index (κ3) is 6.97. The molecule has 3 N–H and O–H groups in total. The zero-order chi connectivity index (χ0) is 11.1. The fourth-order valence-electron chi connectivity index (χ4n) is 1.24. The molecule has 16 heavy (non-hydrogen) atoms. The highest BCUT2D eigenvalue weighted by molar-refractivity contribution is 14.0. The van der Waals surface area contributed by atoms with Gasteiger partial charge in [0.25, 0.3) is 0 Å². The molecule has 3 nitrogen and oxygen atoms in total. The first kappa shape index (κ1) is 15.6. The van der Waals surface area contributed by atoms with Gasteiger partial charge in [-0.1, -0.05) is 29.8 Å². The lowest BCUT2D eigenvalue weighted by atomic mass is 10.1. The van der Waals surface area contributed by atoms with Crippen molar-refractivity contribution in [3.8, 4) is 0 Å². The van der Waals surface area contributed by atoms with Crippen LogP contribution < -0.4 is 11.1 Å². The Morgan fingerprint density at radius 3 is 2.88 bits per heavy atom. The normalized spacial score (nSPS) is 9.31. The van der Waals surface area contributed by atoms with Crippen molar-refractivity contribution in [2.24, 2.45) is 5.73 Å². The predicted octanol–water partition coefficient (Wildman–Crippen LogP) is 1.96. The number of ether oxygens (including phenoxy) is 1. The van der Waals surface area contributed by atoms with Gasteiger partial charge in [0.05, 0.1) is 13.2 Å². The number of hydrogen-bond donors (Lipinski definition) is 2. The summed E-state index contributed by atoms with van der Waals surface area (Å²) < 4.78 is 5.45. The standard InChI is InChI=1S/C11H16N2OS.HI/c1-9-3-2-4-10(7-9)8-14-6-5-13-11(12)15;/h2-4,7H,5-6,8H2,1H3,(H3,12,13,15);1H. The summed E-state index contributed by atoms with van der Waals surface area (Å²) in [6.45, 7) is 3.95. The number of hydrogen-bond acceptors (Lipinski definition) is 2. The molecule has 0 aliphatic heterocycles. The number of nitrogens with two attached hydrogens (primary N) is 1. The number of benzene rings is 1. The molecule has 0 atom stereocenters. The van der Waals surface area contributed by atoms with Gasteiger partial charge in [-0.3, -0.25) is 0 Å². The molecule has 0 saturated carbocycles. The molecule has 0 unspecified atom stereocenters. The molecular formula is C11H17IN2OS. The third-order valence-corrected chi connectivity index (χ3v) is 2.04. The third-order valence-electron chi connectivity index (χ3n) is 1.90. The van der Waals surface area contributed by atoms with E-state index >= 15 is 0 Å². The van der Waals surface area contributed by atoms with Crippen LogP contribution in [0.1, 0.15) is 11.1 Å². The molecule has 0 fully saturated rings. The first-order valence-corrected chi connectivity index (χ1v) is 5.26. The van der Waals surface area contributed by atoms with Gasteiger partial charge in [-0.2, -0.15) is 0 Å². The van der Waals surface area contributed by atoms with E-state index in [9.17, 15) is 0 Å². The summed E-state index contributed by atoms with van der Waals surface area (Å²) in [7, 11) is 0. The summed E-state index contributed by atoms with van der Waals surface area (Å²) in [5.41, 5.74) is 7.70. The van der Waals surface area contributed by atoms with Crippen LogP contribution in [0.5, 0.6) is 0 Å². The summed E-state index contributed by atoms with van der Waals surface area (Å²) >= 11 is 4.67. The van der Waals surface area contributed by atoms with Crippen molar-refractivity contribution in [1.29, 1.82) is 0 Å². The second kappa shape index (κ2) is 8.72. The zero-order valence-electron chi connectivity index (χ0n) is 9.23. The van der Waals surface area contributed by atoms with Crippen LogP contribution in [0.2, 0.25) is 0 Å². The summed E-state index contributed by atoms with van der Waals surface area (Å²) in [6.07, 6.45) is 0. The van der Waals surface area contributed by atoms with Crippen LogP contribution >= 0.6 is 36.2 Å². The van der Waals surface area contributed by atoms with Gasteiger partial charge in [0.1, 0.15) is 0 Å². The van der Waals surface area contributed by atoms with Gasteiger partial charge in [0.15, 0.2) is 5.11 Å². The minimum absolute atomic E-state index is 0. The van der Waals surface area contributed by atoms with E-state index in [2.05, 4.69) is 36.6 Å². The molecule has 5 heteroatoms. The van der Waals surface area contributed by atoms with Crippen LogP contribution in [-0.2, 0) is 11.3 Å². The van der Waals surface area contributed by atoms with Crippen LogP contribution in [0.25, 0.3) is 0 Å². The Balaban J connectivity index is 0.00000225. The van der Waals surface area contributed by atoms with Crippen LogP contribution in [0.15, 0.2) is 24.3 Å². The largest absolute Gasteiger partial charge is 0.376 e. The number of rotatable bonds is 5. The van der Waals surface area contributed by atoms with Crippen molar-refractivity contribution in [3.05, 3.63) is 35.4 Å². The minimum Gasteiger partial charge on any atom is -0.376 e. The van der Waals surface area contributed by atoms with Crippen LogP contribution in [-0.4, -0.2) is 18.3 Å². The van der Waals surface area contributed by atoms with Gasteiger partial charge in [-0.15, -0.1) is 24.0 Å². The quantitative estimate of drug-likeness (QED) is 0.483. The second-order valence-corrected chi connectivity index (χ2v) is 3.77. The first-order valence-electron chi connectivity index (χ1n) is 4.85. The summed E-state index contributed by atoms with van der Waals surface area (Å²) in [4.78, 5) is 0. The zero-order valence-corrected chi connectivity index (χ0v) is 12.4. The SMILES string of the molecule is Cc1cccc(COCCNC(N)=S)c1.I. The van der Waals surface area contributed by atoms with E-state index in [-0.39, 0.29) is 24.0 Å². The number of aryl methyl sites for hydroxylation is 1. The molecule has 0 radical (unpaired) electrons. The first-order chi connectivity index (χ1) is 7.18. The van der Waals surface area contributed by atoms with Gasteiger partial charge in [-0.05, 0) is 24.7 Å². The number of halogens is 1. The monoisotopic (exact) mass is 352 g/mol. The fourth-order valence-corrected chi connectivity index (χ4v) is 1.34. The Morgan fingerprint density at radius 1 is 1.50 bits per heavy atom. The maximum absolute atomic E-state index is 5.45. The average molecular weight is 352 g/mol. The molecule has 0 aliphatic rings. The fraction of sp³-hybridized carbons (Fsp3) is 0.364. The lowest BCUT2D eigenvalue weighted by Crippen LogP contribution is -2.31. The molecule has 1 aromatic rings. The lowest BCUT2D eigenvalue weighted by molar-refractivity contribution is 0.125. The molecule has 0 saturated heterocycles. The summed E-state index contributed by atoms with van der Waals surface area (Å²) in [5, 5.41) is 3.14. The molecule has 0 bridgehead atoms. The Kier molecular flexibility index (Phi) is 8.50. The van der Waals surface area contributed by atoms with Crippen molar-refractivity contribution >= 4 is 41.3 Å². The predicted molar refractivity (Wildman–Crippen MR) is 81.0 cm³/mol. The Morgan fingerprint density at radius 2 is 2.25 bits per heavy atom. The molecule has 0 spiro atoms. The van der Waals surface area contributed by atoms with E-state index in [1.807, 2.05) is 12.1 Å². The second-order valence-electron chi connectivity index (χ2n) is 3.33. The lowest BCUT2D eigenvalue weighted by Gasteiger charge is -2.06. The van der Waals surface area contributed by atoms with Gasteiger partial charge in [-0.25, -0.2) is 0 Å². The molecule has 0 aromatic heterocycles. The van der Waals surface area contributed by atoms with Gasteiger partial charge < -0.3 is 15.8 Å². The number of nitrogens with one attached hydrogen (secondary N) is 1. The molecule has 0 heterocycles. The van der Waals surface area contributed by atoms with Crippen molar-refractivity contribution in [2.75, 3.05) is 13.2 Å². The summed E-state index contributed by atoms with van der Waals surface area (Å²) in [5.74, 6) is 0. The maximum atomic E-state index is 5.45. The highest BCUT2D eigenvalue weighted by atomic mass is 127. The van der Waals surface area contributed by atoms with Crippen molar-refractivity contribution in [1.82, 2.24) is 5.32 Å². The Hall–Kier alpha value is -0.400. The van der Waals surface area contributed by atoms with E-state index in [0.717, 1.165) is 0 Å². The van der Waals surface area contributed by atoms with Crippen LogP contribution in [0.3, 0.4) is 0 Å². The van der Waals surface area contributed by atoms with Gasteiger partial charge in [0, 0.05) is 6.54 Å². The average Bonchev–Trinajstić information content (AvgIpc) is 2.17. The Labute approximate surface area is 119 Å². The molecule has 1 aromatic carbocycles. The number of thiocarbonyl (C=S) groups is 1. The van der Waals surface area contributed by atoms with Gasteiger partial charge in [0.2, 0.25) is 0 Å². The van der Waals surface area contributed by atoms with E-state index in [4.69, 9.17) is 10.5 Å². The molecule has 1 rings (SSSR count). The van der Waals surface area contributed by atoms with E-state index in [0.29, 0.717) is 24.9 Å². The molecule has 0 amide bonds. The van der Waals surface area contributed by atoms with Crippen molar-refractivity contribution < 1.29 is 4.74 Å². The summed E-state index contributed by atoms with van der Waals surface area (Å²) in [6, 6.07) is 8.26. The highest BCUT2D eigenvalue weighted by Crippen LogP contribution is 2.04. The molecular weight excluding hydrogens is 335 g/mol. The van der Waals surface area contributed by atoms with E-state index in [1.165, 1.54) is 11.1 Å². The van der Waals surface area contributed by atoms with E-state index in [1.54, 1.807) is 0 Å². The minimum atomic E-state index is 0. The maximum Gasteiger partial charge on any atom is 0.163 e. The topological polar surface area (TPSA) is 47.3 Å².